The number of benzene rings is 2. The van der Waals surface area contributed by atoms with Crippen molar-refractivity contribution in [2.45, 2.75) is 24.4 Å². The van der Waals surface area contributed by atoms with E-state index in [-0.39, 0.29) is 0 Å². The molecule has 3 heterocycles. The van der Waals surface area contributed by atoms with Gasteiger partial charge in [-0.05, 0) is 30.7 Å². The SMILES string of the molecule is Cc1ccc2nc(N3CCS(=O)c4ccccc4C3)cc(NC3COC3)c2c1. The van der Waals surface area contributed by atoms with Gasteiger partial charge in [0.1, 0.15) is 5.82 Å². The summed E-state index contributed by atoms with van der Waals surface area (Å²) >= 11 is 0. The molecular weight excluding hydrogens is 370 g/mol. The van der Waals surface area contributed by atoms with E-state index in [2.05, 4.69) is 47.5 Å². The molecule has 5 nitrogen and oxygen atoms in total. The smallest absolute Gasteiger partial charge is 0.131 e. The van der Waals surface area contributed by atoms with Gasteiger partial charge in [-0.3, -0.25) is 4.21 Å². The van der Waals surface area contributed by atoms with Crippen molar-refractivity contribution in [1.82, 2.24) is 4.98 Å². The number of fused-ring (bicyclic) bond motifs is 2. The summed E-state index contributed by atoms with van der Waals surface area (Å²) in [5.41, 5.74) is 4.40. The third-order valence-corrected chi connectivity index (χ3v) is 6.84. The fourth-order valence-corrected chi connectivity index (χ4v) is 5.05. The molecule has 3 aromatic rings. The number of nitrogens with one attached hydrogen (secondary N) is 1. The molecule has 5 rings (SSSR count). The van der Waals surface area contributed by atoms with Crippen LogP contribution in [0, 0.1) is 6.92 Å². The highest BCUT2D eigenvalue weighted by Gasteiger charge is 2.23. The summed E-state index contributed by atoms with van der Waals surface area (Å²) in [5.74, 6) is 1.54. The molecule has 0 bridgehead atoms. The van der Waals surface area contributed by atoms with Gasteiger partial charge in [-0.2, -0.15) is 0 Å². The molecule has 0 aliphatic carbocycles. The number of pyridine rings is 1. The van der Waals surface area contributed by atoms with Crippen LogP contribution in [0.4, 0.5) is 11.5 Å². The van der Waals surface area contributed by atoms with Crippen molar-refractivity contribution in [3.05, 3.63) is 59.7 Å². The Morgan fingerprint density at radius 3 is 2.86 bits per heavy atom. The van der Waals surface area contributed by atoms with Crippen molar-refractivity contribution in [2.75, 3.05) is 35.7 Å². The first-order valence-electron chi connectivity index (χ1n) is 9.64. The molecule has 144 valence electrons. The largest absolute Gasteiger partial charge is 0.377 e. The minimum absolute atomic E-state index is 0.344. The van der Waals surface area contributed by atoms with Gasteiger partial charge < -0.3 is 15.0 Å². The van der Waals surface area contributed by atoms with Gasteiger partial charge in [0.05, 0.1) is 35.6 Å². The van der Waals surface area contributed by atoms with Crippen molar-refractivity contribution in [2.24, 2.45) is 0 Å². The Bertz CT molecular complexity index is 1060. The van der Waals surface area contributed by atoms with Crippen LogP contribution in [0.5, 0.6) is 0 Å². The number of anilines is 2. The van der Waals surface area contributed by atoms with E-state index in [9.17, 15) is 4.21 Å². The quantitative estimate of drug-likeness (QED) is 0.738. The molecule has 1 saturated heterocycles. The van der Waals surface area contributed by atoms with E-state index in [4.69, 9.17) is 9.72 Å². The number of nitrogens with zero attached hydrogens (tertiary/aromatic N) is 2. The van der Waals surface area contributed by atoms with Crippen LogP contribution < -0.4 is 10.2 Å². The van der Waals surface area contributed by atoms with E-state index < -0.39 is 10.8 Å². The minimum Gasteiger partial charge on any atom is -0.377 e. The average Bonchev–Trinajstić information content (AvgIpc) is 2.84. The lowest BCUT2D eigenvalue weighted by molar-refractivity contribution is 0.0211. The van der Waals surface area contributed by atoms with Crippen LogP contribution in [-0.4, -0.2) is 40.7 Å². The first-order chi connectivity index (χ1) is 13.7. The Balaban J connectivity index is 1.56. The summed E-state index contributed by atoms with van der Waals surface area (Å²) in [6.07, 6.45) is 0. The molecular formula is C22H23N3O2S. The number of rotatable bonds is 3. The van der Waals surface area contributed by atoms with Gasteiger partial charge >= 0.3 is 0 Å². The third-order valence-electron chi connectivity index (χ3n) is 5.40. The number of aromatic nitrogens is 1. The first-order valence-corrected chi connectivity index (χ1v) is 11.0. The second-order valence-corrected chi connectivity index (χ2v) is 9.05. The van der Waals surface area contributed by atoms with E-state index in [1.54, 1.807) is 0 Å². The predicted molar refractivity (Wildman–Crippen MR) is 113 cm³/mol. The Morgan fingerprint density at radius 2 is 2.04 bits per heavy atom. The lowest BCUT2D eigenvalue weighted by Crippen LogP contribution is -2.40. The van der Waals surface area contributed by atoms with Crippen LogP contribution in [0.3, 0.4) is 0 Å². The summed E-state index contributed by atoms with van der Waals surface area (Å²) in [5, 5.41) is 4.75. The Labute approximate surface area is 167 Å². The summed E-state index contributed by atoms with van der Waals surface area (Å²) in [7, 11) is -0.966. The maximum Gasteiger partial charge on any atom is 0.131 e. The molecule has 1 fully saturated rings. The third kappa shape index (κ3) is 3.27. The zero-order chi connectivity index (χ0) is 19.1. The fraction of sp³-hybridized carbons (Fsp3) is 0.318. The number of hydrogen-bond donors (Lipinski definition) is 1. The van der Waals surface area contributed by atoms with Crippen LogP contribution in [0.2, 0.25) is 0 Å². The molecule has 6 heteroatoms. The first kappa shape index (κ1) is 17.6. The van der Waals surface area contributed by atoms with Gasteiger partial charge in [-0.1, -0.05) is 29.8 Å². The van der Waals surface area contributed by atoms with E-state index >= 15 is 0 Å². The zero-order valence-corrected chi connectivity index (χ0v) is 16.7. The monoisotopic (exact) mass is 393 g/mol. The highest BCUT2D eigenvalue weighted by atomic mass is 32.2. The Morgan fingerprint density at radius 1 is 1.18 bits per heavy atom. The second kappa shape index (κ2) is 7.18. The van der Waals surface area contributed by atoms with Crippen molar-refractivity contribution >= 4 is 33.2 Å². The molecule has 0 saturated carbocycles. The average molecular weight is 394 g/mol. The normalized spacial score (nSPS) is 19.8. The second-order valence-electron chi connectivity index (χ2n) is 7.51. The van der Waals surface area contributed by atoms with Crippen LogP contribution >= 0.6 is 0 Å². The molecule has 2 aromatic carbocycles. The molecule has 1 atom stereocenters. The van der Waals surface area contributed by atoms with Crippen molar-refractivity contribution in [1.29, 1.82) is 0 Å². The van der Waals surface area contributed by atoms with E-state index in [1.807, 2.05) is 18.2 Å². The zero-order valence-electron chi connectivity index (χ0n) is 15.9. The maximum atomic E-state index is 12.6. The van der Waals surface area contributed by atoms with E-state index in [0.717, 1.165) is 59.2 Å². The molecule has 2 aliphatic heterocycles. The predicted octanol–water partition coefficient (Wildman–Crippen LogP) is 3.48. The van der Waals surface area contributed by atoms with Crippen molar-refractivity contribution in [3.63, 3.8) is 0 Å². The lowest BCUT2D eigenvalue weighted by Gasteiger charge is -2.29. The Kier molecular flexibility index (Phi) is 4.53. The van der Waals surface area contributed by atoms with Crippen LogP contribution in [0.1, 0.15) is 11.1 Å². The highest BCUT2D eigenvalue weighted by molar-refractivity contribution is 7.85. The fourth-order valence-electron chi connectivity index (χ4n) is 3.79. The minimum atomic E-state index is -0.966. The highest BCUT2D eigenvalue weighted by Crippen LogP contribution is 2.31. The van der Waals surface area contributed by atoms with Crippen molar-refractivity contribution in [3.8, 4) is 0 Å². The van der Waals surface area contributed by atoms with Crippen LogP contribution in [0.15, 0.2) is 53.4 Å². The van der Waals surface area contributed by atoms with Gasteiger partial charge in [-0.15, -0.1) is 0 Å². The topological polar surface area (TPSA) is 54.5 Å². The molecule has 0 radical (unpaired) electrons. The van der Waals surface area contributed by atoms with Gasteiger partial charge in [0.25, 0.3) is 0 Å². The molecule has 28 heavy (non-hydrogen) atoms. The van der Waals surface area contributed by atoms with Gasteiger partial charge in [0.15, 0.2) is 0 Å². The van der Waals surface area contributed by atoms with Gasteiger partial charge in [0.2, 0.25) is 0 Å². The molecule has 1 aromatic heterocycles. The molecule has 0 spiro atoms. The summed E-state index contributed by atoms with van der Waals surface area (Å²) < 4.78 is 18.0. The number of aryl methyl sites for hydroxylation is 1. The summed E-state index contributed by atoms with van der Waals surface area (Å²) in [6, 6.07) is 16.9. The van der Waals surface area contributed by atoms with Gasteiger partial charge in [-0.25, -0.2) is 4.98 Å². The van der Waals surface area contributed by atoms with Gasteiger partial charge in [0, 0.05) is 40.9 Å². The summed E-state index contributed by atoms with van der Waals surface area (Å²) in [4.78, 5) is 8.14. The summed E-state index contributed by atoms with van der Waals surface area (Å²) in [6.45, 7) is 5.02. The molecule has 1 N–H and O–H groups in total. The Hall–Kier alpha value is -2.44. The van der Waals surface area contributed by atoms with Crippen LogP contribution in [-0.2, 0) is 22.1 Å². The molecule has 2 aliphatic rings. The lowest BCUT2D eigenvalue weighted by atomic mass is 10.1. The molecule has 0 amide bonds. The van der Waals surface area contributed by atoms with Crippen molar-refractivity contribution < 1.29 is 8.95 Å². The van der Waals surface area contributed by atoms with Crippen LogP contribution in [0.25, 0.3) is 10.9 Å². The maximum absolute atomic E-state index is 12.6. The molecule has 1 unspecified atom stereocenters. The number of hydrogen-bond acceptors (Lipinski definition) is 5. The van der Waals surface area contributed by atoms with E-state index in [0.29, 0.717) is 11.8 Å². The standard InChI is InChI=1S/C22H23N3O2S/c1-15-6-7-19-18(10-15)20(23-17-13-27-14-17)11-22(24-19)25-8-9-28(26)21-5-3-2-4-16(21)12-25/h2-7,10-11,17H,8-9,12-14H2,1H3,(H,23,24). The van der Waals surface area contributed by atoms with E-state index in [1.165, 1.54) is 5.56 Å². The number of ether oxygens (including phenoxy) is 1.